The van der Waals surface area contributed by atoms with Crippen molar-refractivity contribution >= 4 is 17.5 Å². The largest absolute Gasteiger partial charge is 0.339 e. The first kappa shape index (κ1) is 20.2. The second kappa shape index (κ2) is 8.09. The van der Waals surface area contributed by atoms with Crippen LogP contribution >= 0.6 is 11.6 Å². The number of hydrogen-bond donors (Lipinski definition) is 0. The van der Waals surface area contributed by atoms with Gasteiger partial charge in [-0.3, -0.25) is 9.69 Å². The quantitative estimate of drug-likeness (QED) is 0.595. The van der Waals surface area contributed by atoms with Crippen LogP contribution in [0.2, 0.25) is 5.02 Å². The normalized spacial score (nSPS) is 19.2. The Morgan fingerprint density at radius 1 is 1.03 bits per heavy atom. The molecule has 0 bridgehead atoms. The van der Waals surface area contributed by atoms with Gasteiger partial charge in [0, 0.05) is 36.8 Å². The predicted octanol–water partition coefficient (Wildman–Crippen LogP) is 4.33. The molecule has 1 saturated heterocycles. The maximum atomic E-state index is 13.3. The van der Waals surface area contributed by atoms with Crippen molar-refractivity contribution < 1.29 is 9.32 Å². The highest BCUT2D eigenvalue weighted by molar-refractivity contribution is 6.30. The Hall–Kier alpha value is -2.70. The Morgan fingerprint density at radius 2 is 1.71 bits per heavy atom. The molecule has 1 atom stereocenters. The average Bonchev–Trinajstić information content (AvgIpc) is 3.48. The number of rotatable bonds is 5. The van der Waals surface area contributed by atoms with Gasteiger partial charge in [0.25, 0.3) is 0 Å². The van der Waals surface area contributed by atoms with E-state index in [0.717, 1.165) is 37.1 Å². The smallest absolute Gasteiger partial charge is 0.244 e. The molecule has 2 heterocycles. The highest BCUT2D eigenvalue weighted by Crippen LogP contribution is 2.50. The van der Waals surface area contributed by atoms with Crippen molar-refractivity contribution in [2.45, 2.75) is 31.2 Å². The molecule has 2 aliphatic rings. The highest BCUT2D eigenvalue weighted by Gasteiger charge is 2.53. The van der Waals surface area contributed by atoms with E-state index in [9.17, 15) is 4.79 Å². The van der Waals surface area contributed by atoms with Gasteiger partial charge < -0.3 is 9.42 Å². The van der Waals surface area contributed by atoms with E-state index < -0.39 is 0 Å². The van der Waals surface area contributed by atoms with Crippen LogP contribution in [0.3, 0.4) is 0 Å². The summed E-state index contributed by atoms with van der Waals surface area (Å²) in [5.74, 6) is 1.46. The Balaban J connectivity index is 1.22. The van der Waals surface area contributed by atoms with Crippen LogP contribution in [-0.4, -0.2) is 52.0 Å². The minimum atomic E-state index is -0.352. The van der Waals surface area contributed by atoms with Crippen molar-refractivity contribution in [2.75, 3.05) is 26.2 Å². The zero-order valence-electron chi connectivity index (χ0n) is 17.5. The van der Waals surface area contributed by atoms with E-state index in [2.05, 4.69) is 22.0 Å². The van der Waals surface area contributed by atoms with Crippen molar-refractivity contribution in [3.63, 3.8) is 0 Å². The Labute approximate surface area is 186 Å². The first-order chi connectivity index (χ1) is 15.1. The van der Waals surface area contributed by atoms with Crippen molar-refractivity contribution in [1.29, 1.82) is 0 Å². The highest BCUT2D eigenvalue weighted by atomic mass is 35.5. The van der Waals surface area contributed by atoms with E-state index in [1.807, 2.05) is 59.5 Å². The van der Waals surface area contributed by atoms with E-state index in [4.69, 9.17) is 16.1 Å². The van der Waals surface area contributed by atoms with E-state index >= 15 is 0 Å². The topological polar surface area (TPSA) is 62.5 Å². The molecule has 6 nitrogen and oxygen atoms in total. The van der Waals surface area contributed by atoms with Gasteiger partial charge in [-0.2, -0.15) is 4.98 Å². The molecule has 1 aromatic heterocycles. The molecular weight excluding hydrogens is 412 g/mol. The Kier molecular flexibility index (Phi) is 5.28. The Morgan fingerprint density at radius 3 is 2.35 bits per heavy atom. The zero-order valence-corrected chi connectivity index (χ0v) is 18.3. The maximum absolute atomic E-state index is 13.3. The van der Waals surface area contributed by atoms with E-state index in [-0.39, 0.29) is 17.4 Å². The summed E-state index contributed by atoms with van der Waals surface area (Å²) >= 11 is 6.02. The first-order valence-corrected chi connectivity index (χ1v) is 11.1. The van der Waals surface area contributed by atoms with Gasteiger partial charge in [-0.1, -0.05) is 59.2 Å². The van der Waals surface area contributed by atoms with Gasteiger partial charge in [-0.05, 0) is 37.5 Å². The maximum Gasteiger partial charge on any atom is 0.244 e. The molecule has 0 spiro atoms. The second-order valence-corrected chi connectivity index (χ2v) is 8.85. The molecule has 7 heteroatoms. The summed E-state index contributed by atoms with van der Waals surface area (Å²) in [7, 11) is 0. The van der Waals surface area contributed by atoms with Gasteiger partial charge in [0.2, 0.25) is 17.6 Å². The SMILES string of the molecule is CC(c1nc(-c2ccccc2)no1)N1CCN(C(=O)C2(c3ccc(Cl)cc3)CC2)CC1. The molecule has 2 aromatic carbocycles. The third kappa shape index (κ3) is 3.86. The van der Waals surface area contributed by atoms with Crippen LogP contribution in [0.5, 0.6) is 0 Å². The van der Waals surface area contributed by atoms with E-state index in [0.29, 0.717) is 29.8 Å². The van der Waals surface area contributed by atoms with Crippen LogP contribution in [0.4, 0.5) is 0 Å². The molecule has 1 aliphatic heterocycles. The summed E-state index contributed by atoms with van der Waals surface area (Å²) in [4.78, 5) is 22.2. The van der Waals surface area contributed by atoms with Crippen LogP contribution in [0.25, 0.3) is 11.4 Å². The lowest BCUT2D eigenvalue weighted by Gasteiger charge is -2.38. The summed E-state index contributed by atoms with van der Waals surface area (Å²) in [5, 5.41) is 4.84. The van der Waals surface area contributed by atoms with Crippen LogP contribution in [0.15, 0.2) is 59.1 Å². The summed E-state index contributed by atoms with van der Waals surface area (Å²) in [6.07, 6.45) is 1.82. The molecule has 3 aromatic rings. The number of hydrogen-bond acceptors (Lipinski definition) is 5. The van der Waals surface area contributed by atoms with E-state index in [1.165, 1.54) is 0 Å². The van der Waals surface area contributed by atoms with Gasteiger partial charge in [-0.25, -0.2) is 0 Å². The van der Waals surface area contributed by atoms with Crippen molar-refractivity contribution in [3.05, 3.63) is 71.1 Å². The van der Waals surface area contributed by atoms with E-state index in [1.54, 1.807) is 0 Å². The second-order valence-electron chi connectivity index (χ2n) is 8.42. The molecule has 31 heavy (non-hydrogen) atoms. The first-order valence-electron chi connectivity index (χ1n) is 10.8. The fourth-order valence-corrected chi connectivity index (χ4v) is 4.53. The van der Waals surface area contributed by atoms with Crippen LogP contribution < -0.4 is 0 Å². The average molecular weight is 437 g/mol. The minimum absolute atomic E-state index is 0.00775. The molecule has 160 valence electrons. The standard InChI is InChI=1S/C24H25ClN4O2/c1-17(22-26-21(27-31-22)18-5-3-2-4-6-18)28-13-15-29(16-14-28)23(30)24(11-12-24)19-7-9-20(25)10-8-19/h2-10,17H,11-16H2,1H3. The third-order valence-corrected chi connectivity index (χ3v) is 6.79. The molecule has 0 N–H and O–H groups in total. The lowest BCUT2D eigenvalue weighted by atomic mass is 9.94. The van der Waals surface area contributed by atoms with Crippen molar-refractivity contribution in [3.8, 4) is 11.4 Å². The lowest BCUT2D eigenvalue weighted by molar-refractivity contribution is -0.136. The number of piperazine rings is 1. The van der Waals surface area contributed by atoms with Gasteiger partial charge >= 0.3 is 0 Å². The number of amides is 1. The van der Waals surface area contributed by atoms with Gasteiger partial charge in [0.1, 0.15) is 0 Å². The molecule has 1 aliphatic carbocycles. The number of halogens is 1. The predicted molar refractivity (Wildman–Crippen MR) is 119 cm³/mol. The molecular formula is C24H25ClN4O2. The summed E-state index contributed by atoms with van der Waals surface area (Å²) in [6.45, 7) is 5.06. The van der Waals surface area contributed by atoms with Gasteiger partial charge in [0.15, 0.2) is 0 Å². The fourth-order valence-electron chi connectivity index (χ4n) is 4.40. The molecule has 1 amide bonds. The van der Waals surface area contributed by atoms with Crippen LogP contribution in [0.1, 0.15) is 37.3 Å². The number of carbonyl (C=O) groups excluding carboxylic acids is 1. The van der Waals surface area contributed by atoms with Gasteiger partial charge in [-0.15, -0.1) is 0 Å². The van der Waals surface area contributed by atoms with Crippen LogP contribution in [-0.2, 0) is 10.2 Å². The van der Waals surface area contributed by atoms with Crippen molar-refractivity contribution in [2.24, 2.45) is 0 Å². The molecule has 5 rings (SSSR count). The summed E-state index contributed by atoms with van der Waals surface area (Å²) in [5.41, 5.74) is 1.67. The molecule has 2 fully saturated rings. The number of aromatic nitrogens is 2. The molecule has 1 unspecified atom stereocenters. The zero-order chi connectivity index (χ0) is 21.4. The third-order valence-electron chi connectivity index (χ3n) is 6.54. The summed E-state index contributed by atoms with van der Waals surface area (Å²) in [6, 6.07) is 17.6. The van der Waals surface area contributed by atoms with Crippen LogP contribution in [0, 0.1) is 0 Å². The number of benzene rings is 2. The van der Waals surface area contributed by atoms with Crippen molar-refractivity contribution in [1.82, 2.24) is 19.9 Å². The Bertz CT molecular complexity index is 1050. The minimum Gasteiger partial charge on any atom is -0.339 e. The number of nitrogens with zero attached hydrogens (tertiary/aromatic N) is 4. The monoisotopic (exact) mass is 436 g/mol. The van der Waals surface area contributed by atoms with Gasteiger partial charge in [0.05, 0.1) is 11.5 Å². The number of carbonyl (C=O) groups is 1. The lowest BCUT2D eigenvalue weighted by Crippen LogP contribution is -2.52. The summed E-state index contributed by atoms with van der Waals surface area (Å²) < 4.78 is 5.55. The molecule has 0 radical (unpaired) electrons. The fraction of sp³-hybridized carbons (Fsp3) is 0.375. The molecule has 1 saturated carbocycles.